The second-order valence-corrected chi connectivity index (χ2v) is 7.11. The van der Waals surface area contributed by atoms with Gasteiger partial charge in [-0.25, -0.2) is 4.39 Å². The molecule has 0 saturated heterocycles. The van der Waals surface area contributed by atoms with E-state index in [2.05, 4.69) is 36.9 Å². The predicted molar refractivity (Wildman–Crippen MR) is 91.8 cm³/mol. The van der Waals surface area contributed by atoms with Crippen molar-refractivity contribution >= 4 is 12.6 Å². The Kier molecular flexibility index (Phi) is 5.42. The van der Waals surface area contributed by atoms with Gasteiger partial charge in [-0.05, 0) is 49.7 Å². The van der Waals surface area contributed by atoms with Crippen LogP contribution < -0.4 is 4.74 Å². The van der Waals surface area contributed by atoms with Gasteiger partial charge in [0.2, 0.25) is 5.82 Å². The molecular weight excluding hydrogens is 314 g/mol. The summed E-state index contributed by atoms with van der Waals surface area (Å²) >= 11 is 4.48. The molecule has 1 nitrogen and oxygen atoms in total. The van der Waals surface area contributed by atoms with Crippen molar-refractivity contribution in [3.05, 3.63) is 54.1 Å². The van der Waals surface area contributed by atoms with Crippen molar-refractivity contribution in [1.82, 2.24) is 0 Å². The monoisotopic (exact) mass is 336 g/mol. The Morgan fingerprint density at radius 3 is 2.35 bits per heavy atom. The lowest BCUT2D eigenvalue weighted by molar-refractivity contribution is 0.236. The highest BCUT2D eigenvalue weighted by atomic mass is 32.1. The molecular formula is C19H22F2OS. The highest BCUT2D eigenvalue weighted by Crippen LogP contribution is 2.34. The Bertz CT molecular complexity index is 599. The molecule has 0 N–H and O–H groups in total. The van der Waals surface area contributed by atoms with Gasteiger partial charge in [-0.1, -0.05) is 30.4 Å². The van der Waals surface area contributed by atoms with Crippen LogP contribution in [0.4, 0.5) is 8.78 Å². The quantitative estimate of drug-likeness (QED) is 0.588. The molecule has 0 bridgehead atoms. The van der Waals surface area contributed by atoms with Crippen LogP contribution in [0, 0.1) is 29.4 Å². The third-order valence-electron chi connectivity index (χ3n) is 4.80. The van der Waals surface area contributed by atoms with Crippen LogP contribution in [-0.4, -0.2) is 11.9 Å². The molecule has 2 aliphatic rings. The number of thiol groups is 1. The third kappa shape index (κ3) is 4.17. The molecule has 0 saturated carbocycles. The molecule has 0 aromatic heterocycles. The predicted octanol–water partition coefficient (Wildman–Crippen LogP) is 5.19. The van der Waals surface area contributed by atoms with Crippen molar-refractivity contribution in [2.45, 2.75) is 30.9 Å². The fraction of sp³-hybridized carbons (Fsp3) is 0.474. The fourth-order valence-electron chi connectivity index (χ4n) is 3.37. The first-order valence-corrected chi connectivity index (χ1v) is 8.76. The highest BCUT2D eigenvalue weighted by Gasteiger charge is 2.24. The summed E-state index contributed by atoms with van der Waals surface area (Å²) in [7, 11) is 0. The van der Waals surface area contributed by atoms with Crippen LogP contribution in [0.2, 0.25) is 0 Å². The summed E-state index contributed by atoms with van der Waals surface area (Å²) in [5, 5.41) is 0.404. The molecule has 1 aromatic carbocycles. The lowest BCUT2D eigenvalue weighted by Gasteiger charge is -2.30. The van der Waals surface area contributed by atoms with E-state index in [1.807, 2.05) is 0 Å². The van der Waals surface area contributed by atoms with Crippen LogP contribution in [-0.2, 0) is 0 Å². The number of hydrogen-bond acceptors (Lipinski definition) is 2. The minimum absolute atomic E-state index is 0.00411. The first-order chi connectivity index (χ1) is 11.1. The van der Waals surface area contributed by atoms with E-state index in [9.17, 15) is 8.78 Å². The van der Waals surface area contributed by atoms with Crippen molar-refractivity contribution < 1.29 is 13.5 Å². The lowest BCUT2D eigenvalue weighted by Crippen LogP contribution is -2.22. The Morgan fingerprint density at radius 2 is 1.70 bits per heavy atom. The molecule has 0 heterocycles. The molecule has 4 atom stereocenters. The van der Waals surface area contributed by atoms with Crippen LogP contribution in [0.3, 0.4) is 0 Å². The van der Waals surface area contributed by atoms with E-state index in [0.29, 0.717) is 23.7 Å². The first-order valence-electron chi connectivity index (χ1n) is 8.25. The molecule has 1 aromatic rings. The summed E-state index contributed by atoms with van der Waals surface area (Å²) in [6.07, 6.45) is 13.4. The van der Waals surface area contributed by atoms with Gasteiger partial charge in [-0.3, -0.25) is 0 Å². The van der Waals surface area contributed by atoms with E-state index >= 15 is 0 Å². The molecule has 2 aliphatic carbocycles. The van der Waals surface area contributed by atoms with Gasteiger partial charge in [0.05, 0.1) is 6.61 Å². The van der Waals surface area contributed by atoms with Crippen molar-refractivity contribution in [3.8, 4) is 5.75 Å². The minimum Gasteiger partial charge on any atom is -0.490 e. The van der Waals surface area contributed by atoms with Crippen LogP contribution in [0.1, 0.15) is 25.7 Å². The average Bonchev–Trinajstić information content (AvgIpc) is 2.57. The molecule has 0 radical (unpaired) electrons. The van der Waals surface area contributed by atoms with Crippen LogP contribution in [0.25, 0.3) is 0 Å². The van der Waals surface area contributed by atoms with Crippen LogP contribution in [0.5, 0.6) is 5.75 Å². The molecule has 3 rings (SSSR count). The maximum Gasteiger partial charge on any atom is 0.200 e. The Morgan fingerprint density at radius 1 is 0.957 bits per heavy atom. The second-order valence-electron chi connectivity index (χ2n) is 6.44. The average molecular weight is 336 g/mol. The zero-order valence-electron chi connectivity index (χ0n) is 13.0. The molecule has 0 spiro atoms. The summed E-state index contributed by atoms with van der Waals surface area (Å²) in [5.74, 6) is -0.326. The van der Waals surface area contributed by atoms with Gasteiger partial charge in [0.1, 0.15) is 0 Å². The second kappa shape index (κ2) is 7.52. The summed E-state index contributed by atoms with van der Waals surface area (Å²) in [6.45, 7) is 0.392. The maximum atomic E-state index is 13.6. The van der Waals surface area contributed by atoms with Crippen LogP contribution >= 0.6 is 12.6 Å². The molecule has 124 valence electrons. The molecule has 0 amide bonds. The normalized spacial score (nSPS) is 30.4. The van der Waals surface area contributed by atoms with Gasteiger partial charge in [-0.15, -0.1) is 0 Å². The first kappa shape index (κ1) is 16.6. The highest BCUT2D eigenvalue weighted by molar-refractivity contribution is 7.81. The summed E-state index contributed by atoms with van der Waals surface area (Å²) in [5.41, 5.74) is 0. The summed E-state index contributed by atoms with van der Waals surface area (Å²) < 4.78 is 32.2. The largest absolute Gasteiger partial charge is 0.490 e. The van der Waals surface area contributed by atoms with Crippen molar-refractivity contribution in [1.29, 1.82) is 0 Å². The van der Waals surface area contributed by atoms with E-state index in [1.54, 1.807) is 0 Å². The number of allylic oxidation sites excluding steroid dienone is 2. The number of ether oxygens (including phenoxy) is 1. The Hall–Kier alpha value is -1.29. The minimum atomic E-state index is -0.904. The van der Waals surface area contributed by atoms with Gasteiger partial charge >= 0.3 is 0 Å². The number of hydrogen-bond donors (Lipinski definition) is 1. The van der Waals surface area contributed by atoms with Crippen LogP contribution in [0.15, 0.2) is 42.5 Å². The summed E-state index contributed by atoms with van der Waals surface area (Å²) in [6, 6.07) is 4.03. The fourth-order valence-corrected chi connectivity index (χ4v) is 3.62. The van der Waals surface area contributed by atoms with Gasteiger partial charge in [0, 0.05) is 11.2 Å². The Labute approximate surface area is 141 Å². The van der Waals surface area contributed by atoms with E-state index in [1.165, 1.54) is 18.6 Å². The number of rotatable bonds is 4. The number of benzene rings is 1. The van der Waals surface area contributed by atoms with Crippen molar-refractivity contribution in [2.75, 3.05) is 6.61 Å². The number of halogens is 2. The molecule has 0 aliphatic heterocycles. The van der Waals surface area contributed by atoms with E-state index in [0.717, 1.165) is 25.3 Å². The third-order valence-corrected chi connectivity index (χ3v) is 5.23. The van der Waals surface area contributed by atoms with Gasteiger partial charge < -0.3 is 4.74 Å². The smallest absolute Gasteiger partial charge is 0.200 e. The van der Waals surface area contributed by atoms with Gasteiger partial charge in [0.25, 0.3) is 0 Å². The molecule has 4 heteroatoms. The zero-order valence-corrected chi connectivity index (χ0v) is 13.9. The van der Waals surface area contributed by atoms with Crippen molar-refractivity contribution in [2.24, 2.45) is 17.8 Å². The molecule has 0 fully saturated rings. The van der Waals surface area contributed by atoms with Gasteiger partial charge in [-0.2, -0.15) is 17.0 Å². The lowest BCUT2D eigenvalue weighted by atomic mass is 9.77. The SMILES string of the molecule is Fc1cccc(OCC2C=CC(C3C=CC(S)CC3)CC2)c1F. The molecule has 4 unspecified atom stereocenters. The molecule has 23 heavy (non-hydrogen) atoms. The van der Waals surface area contributed by atoms with Gasteiger partial charge in [0.15, 0.2) is 11.6 Å². The van der Waals surface area contributed by atoms with Crippen molar-refractivity contribution in [3.63, 3.8) is 0 Å². The Balaban J connectivity index is 1.53. The zero-order chi connectivity index (χ0) is 16.2. The topological polar surface area (TPSA) is 9.23 Å². The van der Waals surface area contributed by atoms with E-state index in [-0.39, 0.29) is 11.7 Å². The summed E-state index contributed by atoms with van der Waals surface area (Å²) in [4.78, 5) is 0. The van der Waals surface area contributed by atoms with E-state index < -0.39 is 11.6 Å². The van der Waals surface area contributed by atoms with E-state index in [4.69, 9.17) is 4.74 Å². The standard InChI is InChI=1S/C19H22F2OS/c20-17-2-1-3-18(19(17)21)22-12-13-4-6-14(7-5-13)15-8-10-16(23)11-9-15/h1-4,6,8,10,13-16,23H,5,7,9,11-12H2. The maximum absolute atomic E-state index is 13.6.